The topological polar surface area (TPSA) is 0 Å². The maximum absolute atomic E-state index is 2.35. The van der Waals surface area contributed by atoms with Gasteiger partial charge < -0.3 is 0 Å². The Morgan fingerprint density at radius 1 is 1.00 bits per heavy atom. The lowest BCUT2D eigenvalue weighted by Crippen LogP contribution is -1.91. The van der Waals surface area contributed by atoms with Crippen molar-refractivity contribution < 1.29 is 0 Å². The van der Waals surface area contributed by atoms with Crippen molar-refractivity contribution in [3.05, 3.63) is 0 Å². The van der Waals surface area contributed by atoms with Gasteiger partial charge in [-0.1, -0.05) is 59.3 Å². The van der Waals surface area contributed by atoms with Crippen molar-refractivity contribution in [2.24, 2.45) is 5.92 Å². The lowest BCUT2D eigenvalue weighted by atomic mass is 10.0. The van der Waals surface area contributed by atoms with E-state index < -0.39 is 0 Å². The van der Waals surface area contributed by atoms with Crippen LogP contribution in [0.25, 0.3) is 0 Å². The van der Waals surface area contributed by atoms with Gasteiger partial charge in [0.25, 0.3) is 0 Å². The molecule has 0 heteroatoms. The van der Waals surface area contributed by atoms with Crippen LogP contribution in [0.5, 0.6) is 0 Å². The van der Waals surface area contributed by atoms with Crippen LogP contribution >= 0.6 is 0 Å². The average molecular weight is 142 g/mol. The number of hydrogen-bond acceptors (Lipinski definition) is 0. The minimum atomic E-state index is 0.955. The van der Waals surface area contributed by atoms with Crippen molar-refractivity contribution in [2.45, 2.75) is 59.3 Å². The van der Waals surface area contributed by atoms with E-state index in [4.69, 9.17) is 0 Å². The van der Waals surface area contributed by atoms with E-state index in [1.165, 1.54) is 38.5 Å². The molecule has 0 bridgehead atoms. The van der Waals surface area contributed by atoms with E-state index in [-0.39, 0.29) is 0 Å². The maximum atomic E-state index is 2.35. The van der Waals surface area contributed by atoms with Crippen LogP contribution in [-0.2, 0) is 0 Å². The summed E-state index contributed by atoms with van der Waals surface area (Å²) >= 11 is 0. The molecule has 0 nitrogen and oxygen atoms in total. The predicted molar refractivity (Wildman–Crippen MR) is 48.2 cm³/mol. The normalized spacial score (nSPS) is 13.5. The second kappa shape index (κ2) is 7.11. The minimum Gasteiger partial charge on any atom is -0.0654 e. The molecule has 0 aliphatic carbocycles. The van der Waals surface area contributed by atoms with Gasteiger partial charge in [0.05, 0.1) is 0 Å². The molecule has 0 saturated heterocycles. The molecule has 0 spiro atoms. The van der Waals surface area contributed by atoms with Crippen LogP contribution in [0.1, 0.15) is 59.3 Å². The zero-order valence-corrected chi connectivity index (χ0v) is 7.82. The molecular formula is C10H22. The molecule has 0 aliphatic rings. The van der Waals surface area contributed by atoms with Gasteiger partial charge in [-0.15, -0.1) is 0 Å². The molecule has 1 unspecified atom stereocenters. The van der Waals surface area contributed by atoms with Crippen molar-refractivity contribution in [3.8, 4) is 0 Å². The summed E-state index contributed by atoms with van der Waals surface area (Å²) in [7, 11) is 0. The number of unbranched alkanes of at least 4 members (excludes halogenated alkanes) is 3. The Balaban J connectivity index is 2.89. The van der Waals surface area contributed by atoms with Crippen molar-refractivity contribution in [1.29, 1.82) is 0 Å². The van der Waals surface area contributed by atoms with E-state index in [0.717, 1.165) is 5.92 Å². The summed E-state index contributed by atoms with van der Waals surface area (Å²) in [5.74, 6) is 0.955. The van der Waals surface area contributed by atoms with Crippen molar-refractivity contribution in [1.82, 2.24) is 0 Å². The summed E-state index contributed by atoms with van der Waals surface area (Å²) in [5.41, 5.74) is 0. The van der Waals surface area contributed by atoms with Crippen LogP contribution in [0.2, 0.25) is 0 Å². The third-order valence-corrected chi connectivity index (χ3v) is 2.25. The van der Waals surface area contributed by atoms with Gasteiger partial charge in [0, 0.05) is 0 Å². The van der Waals surface area contributed by atoms with E-state index in [9.17, 15) is 0 Å². The molecule has 0 aromatic heterocycles. The first-order valence-corrected chi connectivity index (χ1v) is 4.81. The number of hydrogen-bond donors (Lipinski definition) is 0. The second-order valence-corrected chi connectivity index (χ2v) is 3.36. The van der Waals surface area contributed by atoms with Crippen LogP contribution in [0.4, 0.5) is 0 Å². The van der Waals surface area contributed by atoms with Crippen LogP contribution in [-0.4, -0.2) is 0 Å². The van der Waals surface area contributed by atoms with Crippen LogP contribution in [0, 0.1) is 5.92 Å². The molecule has 0 aromatic rings. The zero-order chi connectivity index (χ0) is 7.82. The molecule has 0 radical (unpaired) electrons. The van der Waals surface area contributed by atoms with Crippen molar-refractivity contribution >= 4 is 0 Å². The molecule has 0 saturated carbocycles. The standard InChI is InChI=1S/C10H22/c1-4-6-7-8-9-10(3)5-2/h10H,4-9H2,1-3H3. The predicted octanol–water partition coefficient (Wildman–Crippen LogP) is 4.00. The lowest BCUT2D eigenvalue weighted by Gasteiger charge is -2.06. The fraction of sp³-hybridized carbons (Fsp3) is 1.00. The van der Waals surface area contributed by atoms with Gasteiger partial charge in [-0.3, -0.25) is 0 Å². The van der Waals surface area contributed by atoms with Gasteiger partial charge in [-0.25, -0.2) is 0 Å². The van der Waals surface area contributed by atoms with Gasteiger partial charge in [0.2, 0.25) is 0 Å². The summed E-state index contributed by atoms with van der Waals surface area (Å²) in [6, 6.07) is 0. The molecule has 62 valence electrons. The zero-order valence-electron chi connectivity index (χ0n) is 7.82. The monoisotopic (exact) mass is 142 g/mol. The quantitative estimate of drug-likeness (QED) is 0.492. The van der Waals surface area contributed by atoms with Gasteiger partial charge in [0.1, 0.15) is 0 Å². The third-order valence-electron chi connectivity index (χ3n) is 2.25. The van der Waals surface area contributed by atoms with E-state index in [0.29, 0.717) is 0 Å². The summed E-state index contributed by atoms with van der Waals surface area (Å²) in [6.07, 6.45) is 8.48. The third kappa shape index (κ3) is 6.12. The first-order chi connectivity index (χ1) is 4.81. The number of rotatable bonds is 6. The molecule has 1 atom stereocenters. The lowest BCUT2D eigenvalue weighted by molar-refractivity contribution is 0.477. The van der Waals surface area contributed by atoms with E-state index in [1.807, 2.05) is 0 Å². The maximum Gasteiger partial charge on any atom is -0.0445 e. The highest BCUT2D eigenvalue weighted by Crippen LogP contribution is 2.12. The highest BCUT2D eigenvalue weighted by molar-refractivity contribution is 4.50. The largest absolute Gasteiger partial charge is 0.0654 e. The summed E-state index contributed by atoms with van der Waals surface area (Å²) < 4.78 is 0. The Hall–Kier alpha value is 0. The van der Waals surface area contributed by atoms with E-state index in [2.05, 4.69) is 20.8 Å². The molecule has 0 rings (SSSR count). The molecular weight excluding hydrogens is 120 g/mol. The van der Waals surface area contributed by atoms with Gasteiger partial charge >= 0.3 is 0 Å². The Labute approximate surface area is 66.0 Å². The fourth-order valence-electron chi connectivity index (χ4n) is 1.12. The highest BCUT2D eigenvalue weighted by Gasteiger charge is 1.96. The van der Waals surface area contributed by atoms with Gasteiger partial charge in [0.15, 0.2) is 0 Å². The molecule has 0 amide bonds. The second-order valence-electron chi connectivity index (χ2n) is 3.36. The molecule has 0 aromatic carbocycles. The van der Waals surface area contributed by atoms with Crippen molar-refractivity contribution in [2.75, 3.05) is 0 Å². The molecule has 0 N–H and O–H groups in total. The fourth-order valence-corrected chi connectivity index (χ4v) is 1.12. The van der Waals surface area contributed by atoms with Gasteiger partial charge in [-0.05, 0) is 5.92 Å². The molecule has 0 heterocycles. The molecule has 10 heavy (non-hydrogen) atoms. The summed E-state index contributed by atoms with van der Waals surface area (Å²) in [5, 5.41) is 0. The Kier molecular flexibility index (Phi) is 7.11. The Morgan fingerprint density at radius 3 is 2.20 bits per heavy atom. The van der Waals surface area contributed by atoms with E-state index >= 15 is 0 Å². The summed E-state index contributed by atoms with van der Waals surface area (Å²) in [4.78, 5) is 0. The SMILES string of the molecule is CCCCCCC(C)CC. The Bertz CT molecular complexity index is 57.1. The van der Waals surface area contributed by atoms with Crippen LogP contribution in [0.15, 0.2) is 0 Å². The van der Waals surface area contributed by atoms with Crippen molar-refractivity contribution in [3.63, 3.8) is 0 Å². The van der Waals surface area contributed by atoms with Gasteiger partial charge in [-0.2, -0.15) is 0 Å². The van der Waals surface area contributed by atoms with E-state index in [1.54, 1.807) is 0 Å². The van der Waals surface area contributed by atoms with Crippen LogP contribution < -0.4 is 0 Å². The smallest absolute Gasteiger partial charge is 0.0445 e. The first kappa shape index (κ1) is 10.0. The van der Waals surface area contributed by atoms with Crippen LogP contribution in [0.3, 0.4) is 0 Å². The molecule has 0 aliphatic heterocycles. The highest BCUT2D eigenvalue weighted by atomic mass is 14.0. The minimum absolute atomic E-state index is 0.955. The average Bonchev–Trinajstić information content (AvgIpc) is 1.98. The Morgan fingerprint density at radius 2 is 1.70 bits per heavy atom. The first-order valence-electron chi connectivity index (χ1n) is 4.81. The summed E-state index contributed by atoms with van der Waals surface area (Å²) in [6.45, 7) is 6.90. The molecule has 0 fully saturated rings.